The fourth-order valence-corrected chi connectivity index (χ4v) is 2.75. The van der Waals surface area contributed by atoms with Gasteiger partial charge in [0.25, 0.3) is 0 Å². The van der Waals surface area contributed by atoms with Crippen LogP contribution >= 0.6 is 23.2 Å². The zero-order chi connectivity index (χ0) is 15.4. The molecule has 0 heterocycles. The first-order chi connectivity index (χ1) is 10.7. The normalized spacial score (nSPS) is 10.5. The molecule has 110 valence electrons. The molecule has 0 saturated heterocycles. The molecule has 0 saturated carbocycles. The number of rotatable bonds is 4. The monoisotopic (exact) mass is 327 g/mol. The van der Waals surface area contributed by atoms with Crippen LogP contribution < -0.4 is 5.32 Å². The zero-order valence-corrected chi connectivity index (χ0v) is 13.4. The summed E-state index contributed by atoms with van der Waals surface area (Å²) in [4.78, 5) is 0. The van der Waals surface area contributed by atoms with Crippen molar-refractivity contribution in [2.75, 3.05) is 5.32 Å². The van der Waals surface area contributed by atoms with Crippen LogP contribution in [0, 0.1) is 0 Å². The third-order valence-electron chi connectivity index (χ3n) is 3.48. The van der Waals surface area contributed by atoms with E-state index in [1.807, 2.05) is 30.3 Å². The van der Waals surface area contributed by atoms with Crippen molar-refractivity contribution in [2.45, 2.75) is 6.54 Å². The van der Waals surface area contributed by atoms with Crippen LogP contribution in [0.15, 0.2) is 72.8 Å². The minimum Gasteiger partial charge on any atom is -0.380 e. The fourth-order valence-electron chi connectivity index (χ4n) is 2.28. The number of anilines is 1. The third kappa shape index (κ3) is 3.62. The molecule has 0 aromatic heterocycles. The highest BCUT2D eigenvalue weighted by Gasteiger charge is 2.02. The summed E-state index contributed by atoms with van der Waals surface area (Å²) < 4.78 is 0. The molecular formula is C19H15Cl2N. The van der Waals surface area contributed by atoms with Crippen LogP contribution in [0.4, 0.5) is 5.69 Å². The van der Waals surface area contributed by atoms with Crippen molar-refractivity contribution in [2.24, 2.45) is 0 Å². The molecule has 22 heavy (non-hydrogen) atoms. The molecule has 0 aliphatic carbocycles. The average molecular weight is 328 g/mol. The average Bonchev–Trinajstić information content (AvgIpc) is 2.55. The maximum Gasteiger partial charge on any atom is 0.0652 e. The fraction of sp³-hybridized carbons (Fsp3) is 0.0526. The number of hydrogen-bond donors (Lipinski definition) is 1. The quantitative estimate of drug-likeness (QED) is 0.595. The summed E-state index contributed by atoms with van der Waals surface area (Å²) in [6, 6.07) is 24.3. The van der Waals surface area contributed by atoms with Gasteiger partial charge >= 0.3 is 0 Å². The lowest BCUT2D eigenvalue weighted by Gasteiger charge is -2.09. The van der Waals surface area contributed by atoms with Gasteiger partial charge in [-0.1, -0.05) is 77.8 Å². The highest BCUT2D eigenvalue weighted by Crippen LogP contribution is 2.26. The summed E-state index contributed by atoms with van der Waals surface area (Å²) in [5.41, 5.74) is 4.53. The lowest BCUT2D eigenvalue weighted by Crippen LogP contribution is -1.99. The Labute approximate surface area is 140 Å². The molecule has 0 bridgehead atoms. The summed E-state index contributed by atoms with van der Waals surface area (Å²) >= 11 is 12.1. The van der Waals surface area contributed by atoms with Crippen molar-refractivity contribution >= 4 is 28.9 Å². The summed E-state index contributed by atoms with van der Waals surface area (Å²) in [5.74, 6) is 0. The van der Waals surface area contributed by atoms with E-state index in [1.165, 1.54) is 16.7 Å². The van der Waals surface area contributed by atoms with Crippen LogP contribution in [-0.2, 0) is 6.54 Å². The van der Waals surface area contributed by atoms with Crippen LogP contribution in [-0.4, -0.2) is 0 Å². The molecule has 0 spiro atoms. The van der Waals surface area contributed by atoms with Gasteiger partial charge < -0.3 is 5.32 Å². The van der Waals surface area contributed by atoms with Crippen molar-refractivity contribution in [3.05, 3.63) is 88.4 Å². The molecule has 1 N–H and O–H groups in total. The number of nitrogens with one attached hydrogen (secondary N) is 1. The lowest BCUT2D eigenvalue weighted by molar-refractivity contribution is 1.15. The first-order valence-corrected chi connectivity index (χ1v) is 7.81. The smallest absolute Gasteiger partial charge is 0.0652 e. The highest BCUT2D eigenvalue weighted by molar-refractivity contribution is 6.36. The van der Waals surface area contributed by atoms with Crippen LogP contribution in [0.2, 0.25) is 10.0 Å². The van der Waals surface area contributed by atoms with Crippen molar-refractivity contribution in [1.29, 1.82) is 0 Å². The molecule has 0 aliphatic rings. The van der Waals surface area contributed by atoms with Crippen molar-refractivity contribution in [1.82, 2.24) is 0 Å². The topological polar surface area (TPSA) is 12.0 Å². The van der Waals surface area contributed by atoms with Crippen molar-refractivity contribution in [3.63, 3.8) is 0 Å². The Bertz CT molecular complexity index is 752. The van der Waals surface area contributed by atoms with Crippen molar-refractivity contribution < 1.29 is 0 Å². The molecule has 1 nitrogen and oxygen atoms in total. The van der Waals surface area contributed by atoms with E-state index in [-0.39, 0.29) is 0 Å². The largest absolute Gasteiger partial charge is 0.380 e. The van der Waals surface area contributed by atoms with E-state index in [4.69, 9.17) is 23.2 Å². The van der Waals surface area contributed by atoms with Gasteiger partial charge in [0, 0.05) is 11.6 Å². The minimum atomic E-state index is 0.633. The predicted molar refractivity (Wildman–Crippen MR) is 95.7 cm³/mol. The second-order valence-corrected chi connectivity index (χ2v) is 5.88. The van der Waals surface area contributed by atoms with Gasteiger partial charge in [0.15, 0.2) is 0 Å². The van der Waals surface area contributed by atoms with Crippen LogP contribution in [0.5, 0.6) is 0 Å². The van der Waals surface area contributed by atoms with Gasteiger partial charge in [-0.2, -0.15) is 0 Å². The molecule has 0 unspecified atom stereocenters. The Kier molecular flexibility index (Phi) is 4.67. The van der Waals surface area contributed by atoms with E-state index in [2.05, 4.69) is 41.7 Å². The predicted octanol–water partition coefficient (Wildman–Crippen LogP) is 6.27. The number of benzene rings is 3. The maximum absolute atomic E-state index is 6.15. The standard InChI is InChI=1S/C19H15Cl2N/c20-17-10-11-19(18(21)12-17)22-13-14-6-8-16(9-7-14)15-4-2-1-3-5-15/h1-12,22H,13H2. The second kappa shape index (κ2) is 6.87. The van der Waals surface area contributed by atoms with E-state index in [9.17, 15) is 0 Å². The maximum atomic E-state index is 6.15. The molecule has 0 amide bonds. The molecule has 0 atom stereocenters. The highest BCUT2D eigenvalue weighted by atomic mass is 35.5. The molecule has 3 aromatic rings. The molecule has 3 heteroatoms. The molecule has 3 rings (SSSR count). The van der Waals surface area contributed by atoms with Crippen molar-refractivity contribution in [3.8, 4) is 11.1 Å². The van der Waals surface area contributed by atoms with E-state index in [0.717, 1.165) is 12.2 Å². The van der Waals surface area contributed by atoms with Gasteiger partial charge in [-0.3, -0.25) is 0 Å². The molecule has 3 aromatic carbocycles. The summed E-state index contributed by atoms with van der Waals surface area (Å²) in [5, 5.41) is 4.60. The van der Waals surface area contributed by atoms with Gasteiger partial charge in [-0.15, -0.1) is 0 Å². The third-order valence-corrected chi connectivity index (χ3v) is 4.02. The first kappa shape index (κ1) is 15.0. The van der Waals surface area contributed by atoms with Gasteiger partial charge in [0.2, 0.25) is 0 Å². The number of halogens is 2. The van der Waals surface area contributed by atoms with Crippen LogP contribution in [0.25, 0.3) is 11.1 Å². The Hall–Kier alpha value is -1.96. The number of hydrogen-bond acceptors (Lipinski definition) is 1. The van der Waals surface area contributed by atoms with Crippen LogP contribution in [0.3, 0.4) is 0 Å². The van der Waals surface area contributed by atoms with E-state index in [1.54, 1.807) is 6.07 Å². The van der Waals surface area contributed by atoms with Gasteiger partial charge in [-0.05, 0) is 34.9 Å². The first-order valence-electron chi connectivity index (χ1n) is 7.06. The zero-order valence-electron chi connectivity index (χ0n) is 11.9. The summed E-state index contributed by atoms with van der Waals surface area (Å²) in [7, 11) is 0. The minimum absolute atomic E-state index is 0.633. The Balaban J connectivity index is 1.69. The molecule has 0 aliphatic heterocycles. The SMILES string of the molecule is Clc1ccc(NCc2ccc(-c3ccccc3)cc2)c(Cl)c1. The molecule has 0 fully saturated rings. The van der Waals surface area contributed by atoms with Gasteiger partial charge in [0.05, 0.1) is 10.7 Å². The lowest BCUT2D eigenvalue weighted by atomic mass is 10.0. The van der Waals surface area contributed by atoms with Crippen LogP contribution in [0.1, 0.15) is 5.56 Å². The van der Waals surface area contributed by atoms with E-state index < -0.39 is 0 Å². The summed E-state index contributed by atoms with van der Waals surface area (Å²) in [6.45, 7) is 0.719. The Morgan fingerprint density at radius 1 is 0.727 bits per heavy atom. The molecular weight excluding hydrogens is 313 g/mol. The Morgan fingerprint density at radius 3 is 2.09 bits per heavy atom. The Morgan fingerprint density at radius 2 is 1.41 bits per heavy atom. The van der Waals surface area contributed by atoms with E-state index >= 15 is 0 Å². The second-order valence-electron chi connectivity index (χ2n) is 5.04. The van der Waals surface area contributed by atoms with Gasteiger partial charge in [0.1, 0.15) is 0 Å². The van der Waals surface area contributed by atoms with Gasteiger partial charge in [-0.25, -0.2) is 0 Å². The summed E-state index contributed by atoms with van der Waals surface area (Å²) in [6.07, 6.45) is 0. The molecule has 0 radical (unpaired) electrons. The van der Waals surface area contributed by atoms with E-state index in [0.29, 0.717) is 10.0 Å².